The second-order valence-electron chi connectivity index (χ2n) is 3.96. The van der Waals surface area contributed by atoms with Crippen LogP contribution in [0.15, 0.2) is 0 Å². The summed E-state index contributed by atoms with van der Waals surface area (Å²) < 4.78 is 0. The molecule has 0 fully saturated rings. The summed E-state index contributed by atoms with van der Waals surface area (Å²) in [4.78, 5) is 22.3. The second-order valence-corrected chi connectivity index (χ2v) is 3.96. The molecule has 0 aromatic heterocycles. The molecule has 2 atom stereocenters. The van der Waals surface area contributed by atoms with E-state index < -0.39 is 24.0 Å². The first kappa shape index (κ1) is 13.9. The molecular formula is C10H20N2O3. The van der Waals surface area contributed by atoms with Gasteiger partial charge in [-0.1, -0.05) is 27.2 Å². The quantitative estimate of drug-likeness (QED) is 0.597. The Bertz CT molecular complexity index is 229. The van der Waals surface area contributed by atoms with Crippen LogP contribution >= 0.6 is 0 Å². The lowest BCUT2D eigenvalue weighted by atomic mass is 10.0. The summed E-state index contributed by atoms with van der Waals surface area (Å²) in [6.45, 7) is 5.40. The average molecular weight is 216 g/mol. The van der Waals surface area contributed by atoms with Gasteiger partial charge in [0, 0.05) is 0 Å². The number of amides is 1. The molecule has 15 heavy (non-hydrogen) atoms. The summed E-state index contributed by atoms with van der Waals surface area (Å²) in [5.74, 6) is -1.57. The van der Waals surface area contributed by atoms with E-state index in [4.69, 9.17) is 10.8 Å². The fourth-order valence-corrected chi connectivity index (χ4v) is 1.22. The molecule has 0 bridgehead atoms. The lowest BCUT2D eigenvalue weighted by Crippen LogP contribution is -2.50. The molecule has 0 saturated carbocycles. The Morgan fingerprint density at radius 2 is 1.93 bits per heavy atom. The van der Waals surface area contributed by atoms with Crippen molar-refractivity contribution >= 4 is 11.9 Å². The summed E-state index contributed by atoms with van der Waals surface area (Å²) in [6.07, 6.45) is 1.37. The Hall–Kier alpha value is -1.10. The number of carboxylic acids is 1. The molecule has 0 aliphatic rings. The van der Waals surface area contributed by atoms with Crippen LogP contribution in [0.1, 0.15) is 33.6 Å². The zero-order valence-electron chi connectivity index (χ0n) is 9.49. The van der Waals surface area contributed by atoms with Gasteiger partial charge in [0.2, 0.25) is 5.91 Å². The normalized spacial score (nSPS) is 14.7. The molecule has 88 valence electrons. The van der Waals surface area contributed by atoms with Crippen LogP contribution in [0.3, 0.4) is 0 Å². The second kappa shape index (κ2) is 6.40. The molecule has 0 rings (SSSR count). The van der Waals surface area contributed by atoms with E-state index in [-0.39, 0.29) is 5.92 Å². The standard InChI is InChI=1S/C10H20N2O3/c1-4-5-7(11)9(13)12-8(6(2)3)10(14)15/h6-8H,4-5,11H2,1-3H3,(H,12,13)(H,14,15)/t7-,8-/m0/s1. The number of nitrogens with one attached hydrogen (secondary N) is 1. The molecule has 0 saturated heterocycles. The number of hydrogen-bond donors (Lipinski definition) is 3. The highest BCUT2D eigenvalue weighted by Gasteiger charge is 2.25. The van der Waals surface area contributed by atoms with Crippen LogP contribution in [-0.2, 0) is 9.59 Å². The molecule has 0 heterocycles. The van der Waals surface area contributed by atoms with E-state index in [1.165, 1.54) is 0 Å². The number of hydrogen-bond acceptors (Lipinski definition) is 3. The first-order chi connectivity index (χ1) is 6.90. The van der Waals surface area contributed by atoms with E-state index in [1.807, 2.05) is 6.92 Å². The van der Waals surface area contributed by atoms with Crippen molar-refractivity contribution in [2.24, 2.45) is 11.7 Å². The third-order valence-corrected chi connectivity index (χ3v) is 2.17. The van der Waals surface area contributed by atoms with Gasteiger partial charge in [-0.05, 0) is 12.3 Å². The monoisotopic (exact) mass is 216 g/mol. The van der Waals surface area contributed by atoms with Crippen LogP contribution in [0, 0.1) is 5.92 Å². The average Bonchev–Trinajstić information content (AvgIpc) is 2.12. The van der Waals surface area contributed by atoms with E-state index >= 15 is 0 Å². The minimum Gasteiger partial charge on any atom is -0.480 e. The fourth-order valence-electron chi connectivity index (χ4n) is 1.22. The number of nitrogens with two attached hydrogens (primary N) is 1. The minimum absolute atomic E-state index is 0.153. The van der Waals surface area contributed by atoms with Crippen molar-refractivity contribution in [1.29, 1.82) is 0 Å². The zero-order valence-corrected chi connectivity index (χ0v) is 9.49. The van der Waals surface area contributed by atoms with Gasteiger partial charge < -0.3 is 16.2 Å². The van der Waals surface area contributed by atoms with Gasteiger partial charge in [0.25, 0.3) is 0 Å². The molecular weight excluding hydrogens is 196 g/mol. The molecule has 1 amide bonds. The van der Waals surface area contributed by atoms with Gasteiger partial charge in [0.15, 0.2) is 0 Å². The Labute approximate surface area is 90.0 Å². The Balaban J connectivity index is 4.29. The zero-order chi connectivity index (χ0) is 12.0. The van der Waals surface area contributed by atoms with Crippen LogP contribution in [0.5, 0.6) is 0 Å². The van der Waals surface area contributed by atoms with Gasteiger partial charge in [-0.25, -0.2) is 4.79 Å². The highest BCUT2D eigenvalue weighted by Crippen LogP contribution is 2.03. The van der Waals surface area contributed by atoms with Crippen molar-refractivity contribution in [2.45, 2.75) is 45.7 Å². The van der Waals surface area contributed by atoms with Gasteiger partial charge in [-0.15, -0.1) is 0 Å². The van der Waals surface area contributed by atoms with Gasteiger partial charge in [0.05, 0.1) is 6.04 Å². The van der Waals surface area contributed by atoms with Gasteiger partial charge in [-0.2, -0.15) is 0 Å². The van der Waals surface area contributed by atoms with Crippen molar-refractivity contribution in [1.82, 2.24) is 5.32 Å². The van der Waals surface area contributed by atoms with E-state index in [0.29, 0.717) is 6.42 Å². The molecule has 0 spiro atoms. The molecule has 0 radical (unpaired) electrons. The highest BCUT2D eigenvalue weighted by molar-refractivity contribution is 5.86. The van der Waals surface area contributed by atoms with Crippen molar-refractivity contribution < 1.29 is 14.7 Å². The molecule has 0 aliphatic heterocycles. The van der Waals surface area contributed by atoms with Crippen molar-refractivity contribution in [3.05, 3.63) is 0 Å². The molecule has 5 heteroatoms. The lowest BCUT2D eigenvalue weighted by Gasteiger charge is -2.20. The smallest absolute Gasteiger partial charge is 0.326 e. The number of aliphatic carboxylic acids is 1. The summed E-state index contributed by atoms with van der Waals surface area (Å²) >= 11 is 0. The Kier molecular flexibility index (Phi) is 5.93. The van der Waals surface area contributed by atoms with E-state index in [2.05, 4.69) is 5.32 Å². The summed E-state index contributed by atoms with van der Waals surface area (Å²) in [6, 6.07) is -1.48. The third-order valence-electron chi connectivity index (χ3n) is 2.17. The summed E-state index contributed by atoms with van der Waals surface area (Å²) in [7, 11) is 0. The molecule has 4 N–H and O–H groups in total. The Morgan fingerprint density at radius 3 is 2.27 bits per heavy atom. The number of carboxylic acid groups (broad SMARTS) is 1. The maximum Gasteiger partial charge on any atom is 0.326 e. The fraction of sp³-hybridized carbons (Fsp3) is 0.800. The van der Waals surface area contributed by atoms with Gasteiger partial charge in [-0.3, -0.25) is 4.79 Å². The maximum absolute atomic E-state index is 11.5. The Morgan fingerprint density at radius 1 is 1.40 bits per heavy atom. The largest absolute Gasteiger partial charge is 0.480 e. The highest BCUT2D eigenvalue weighted by atomic mass is 16.4. The van der Waals surface area contributed by atoms with Crippen molar-refractivity contribution in [3.8, 4) is 0 Å². The van der Waals surface area contributed by atoms with Crippen LogP contribution in [0.4, 0.5) is 0 Å². The first-order valence-corrected chi connectivity index (χ1v) is 5.18. The predicted octanol–water partition coefficient (Wildman–Crippen LogP) is 0.339. The number of carbonyl (C=O) groups is 2. The topological polar surface area (TPSA) is 92.4 Å². The lowest BCUT2D eigenvalue weighted by molar-refractivity contribution is -0.143. The minimum atomic E-state index is -1.03. The van der Waals surface area contributed by atoms with E-state index in [0.717, 1.165) is 6.42 Å². The SMILES string of the molecule is CCC[C@H](N)C(=O)N[C@H](C(=O)O)C(C)C. The van der Waals surface area contributed by atoms with Crippen LogP contribution in [0.2, 0.25) is 0 Å². The van der Waals surface area contributed by atoms with Gasteiger partial charge in [0.1, 0.15) is 6.04 Å². The van der Waals surface area contributed by atoms with Gasteiger partial charge >= 0.3 is 5.97 Å². The summed E-state index contributed by atoms with van der Waals surface area (Å²) in [5.41, 5.74) is 5.57. The molecule has 5 nitrogen and oxygen atoms in total. The van der Waals surface area contributed by atoms with Crippen LogP contribution < -0.4 is 11.1 Å². The van der Waals surface area contributed by atoms with Crippen molar-refractivity contribution in [3.63, 3.8) is 0 Å². The first-order valence-electron chi connectivity index (χ1n) is 5.18. The van der Waals surface area contributed by atoms with Crippen LogP contribution in [0.25, 0.3) is 0 Å². The molecule has 0 aromatic rings. The number of rotatable bonds is 6. The molecule has 0 aliphatic carbocycles. The van der Waals surface area contributed by atoms with E-state index in [1.54, 1.807) is 13.8 Å². The third kappa shape index (κ3) is 4.78. The molecule has 0 aromatic carbocycles. The summed E-state index contributed by atoms with van der Waals surface area (Å²) in [5, 5.41) is 11.3. The van der Waals surface area contributed by atoms with Crippen LogP contribution in [-0.4, -0.2) is 29.1 Å². The maximum atomic E-state index is 11.5. The predicted molar refractivity (Wildman–Crippen MR) is 57.3 cm³/mol. The molecule has 0 unspecified atom stereocenters. The van der Waals surface area contributed by atoms with Crippen molar-refractivity contribution in [2.75, 3.05) is 0 Å². The van der Waals surface area contributed by atoms with E-state index in [9.17, 15) is 9.59 Å². The number of carbonyl (C=O) groups excluding carboxylic acids is 1.